The number of nitrogens with zero attached hydrogens (tertiary/aromatic N) is 2. The van der Waals surface area contributed by atoms with Crippen molar-refractivity contribution < 1.29 is 29.6 Å². The molecule has 5 atom stereocenters. The zero-order chi connectivity index (χ0) is 22.4. The number of pyridine rings is 1. The average molecular weight is 457 g/mol. The van der Waals surface area contributed by atoms with Crippen molar-refractivity contribution in [3.63, 3.8) is 0 Å². The minimum Gasteiger partial charge on any atom is -0.411 e. The van der Waals surface area contributed by atoms with Gasteiger partial charge in [0.05, 0.1) is 12.1 Å². The predicted octanol–water partition coefficient (Wildman–Crippen LogP) is 0.623. The number of benzene rings is 2. The Morgan fingerprint density at radius 2 is 1.81 bits per heavy atom. The Hall–Kier alpha value is -2.80. The Morgan fingerprint density at radius 1 is 1.00 bits per heavy atom. The van der Waals surface area contributed by atoms with Gasteiger partial charge in [-0.2, -0.15) is 0 Å². The highest BCUT2D eigenvalue weighted by molar-refractivity contribution is 7.99. The van der Waals surface area contributed by atoms with Gasteiger partial charge in [-0.1, -0.05) is 30.3 Å². The number of aromatic amines is 1. The minimum absolute atomic E-state index is 0.0117. The van der Waals surface area contributed by atoms with Gasteiger partial charge in [0.2, 0.25) is 5.43 Å². The van der Waals surface area contributed by atoms with Gasteiger partial charge in [0, 0.05) is 17.0 Å². The van der Waals surface area contributed by atoms with E-state index in [1.54, 1.807) is 6.07 Å². The fraction of sp³-hybridized carbons (Fsp3) is 0.286. The number of ether oxygens (including phenoxy) is 1. The number of nitrogens with one attached hydrogen (secondary N) is 1. The fourth-order valence-electron chi connectivity index (χ4n) is 3.76. The van der Waals surface area contributed by atoms with E-state index in [1.165, 1.54) is 6.20 Å². The van der Waals surface area contributed by atoms with Crippen LogP contribution in [0.25, 0.3) is 33.1 Å². The topological polar surface area (TPSA) is 162 Å². The first-order valence-corrected chi connectivity index (χ1v) is 10.7. The lowest BCUT2D eigenvalue weighted by molar-refractivity contribution is -0.205. The lowest BCUT2D eigenvalue weighted by atomic mass is 10.0. The van der Waals surface area contributed by atoms with Gasteiger partial charge in [0.25, 0.3) is 11.1 Å². The molecule has 2 aromatic heterocycles. The highest BCUT2D eigenvalue weighted by Crippen LogP contribution is 2.33. The number of fused-ring (bicyclic) bond motifs is 3. The van der Waals surface area contributed by atoms with E-state index in [0.29, 0.717) is 10.9 Å². The summed E-state index contributed by atoms with van der Waals surface area (Å²) in [6.45, 7) is -0.543. The fourth-order valence-corrected chi connectivity index (χ4v) is 4.67. The Balaban J connectivity index is 1.45. The molecule has 3 heterocycles. The van der Waals surface area contributed by atoms with Gasteiger partial charge in [-0.3, -0.25) is 4.79 Å². The van der Waals surface area contributed by atoms with Crippen LogP contribution in [0.3, 0.4) is 0 Å². The van der Waals surface area contributed by atoms with Crippen LogP contribution >= 0.6 is 11.8 Å². The van der Waals surface area contributed by atoms with Crippen LogP contribution in [-0.2, 0) is 4.74 Å². The van der Waals surface area contributed by atoms with Gasteiger partial charge in [-0.25, -0.2) is 0 Å². The van der Waals surface area contributed by atoms with Crippen molar-refractivity contribution in [1.29, 1.82) is 0 Å². The molecule has 0 radical (unpaired) electrons. The van der Waals surface area contributed by atoms with Crippen molar-refractivity contribution in [2.24, 2.45) is 0 Å². The van der Waals surface area contributed by atoms with Crippen LogP contribution in [0.15, 0.2) is 57.0 Å². The molecular formula is C21H19N3O7S. The highest BCUT2D eigenvalue weighted by Gasteiger charge is 2.44. The van der Waals surface area contributed by atoms with E-state index in [0.717, 1.165) is 22.5 Å². The SMILES string of the molecule is O=c1c(-c2nnc(S[C@@H]3O[C@H](CO)[C@@H](O)[C@H](O)[C@H]3O)o2)c[nH]c2c1ccc1ccccc12. The van der Waals surface area contributed by atoms with Gasteiger partial charge < -0.3 is 34.6 Å². The zero-order valence-electron chi connectivity index (χ0n) is 16.5. The van der Waals surface area contributed by atoms with E-state index in [2.05, 4.69) is 15.2 Å². The van der Waals surface area contributed by atoms with Crippen LogP contribution in [-0.4, -0.2) is 72.1 Å². The van der Waals surface area contributed by atoms with Crippen LogP contribution in [0.2, 0.25) is 0 Å². The third-order valence-corrected chi connectivity index (χ3v) is 6.47. The van der Waals surface area contributed by atoms with E-state index in [-0.39, 0.29) is 22.1 Å². The molecular weight excluding hydrogens is 438 g/mol. The van der Waals surface area contributed by atoms with Crippen molar-refractivity contribution >= 4 is 33.4 Å². The van der Waals surface area contributed by atoms with Crippen molar-refractivity contribution in [2.45, 2.75) is 35.1 Å². The number of aliphatic hydroxyl groups excluding tert-OH is 4. The normalized spacial score (nSPS) is 26.1. The Labute approximate surface area is 184 Å². The summed E-state index contributed by atoms with van der Waals surface area (Å²) >= 11 is 0.817. The second-order valence-corrected chi connectivity index (χ2v) is 8.48. The molecule has 1 saturated heterocycles. The Kier molecular flexibility index (Phi) is 5.45. The smallest absolute Gasteiger partial charge is 0.279 e. The molecule has 4 aromatic rings. The number of aromatic nitrogens is 3. The lowest BCUT2D eigenvalue weighted by Crippen LogP contribution is -2.57. The molecule has 0 bridgehead atoms. The van der Waals surface area contributed by atoms with E-state index >= 15 is 0 Å². The first-order chi connectivity index (χ1) is 15.5. The van der Waals surface area contributed by atoms with Crippen LogP contribution in [0, 0.1) is 0 Å². The maximum Gasteiger partial charge on any atom is 0.279 e. The summed E-state index contributed by atoms with van der Waals surface area (Å²) in [7, 11) is 0. The van der Waals surface area contributed by atoms with Gasteiger partial charge >= 0.3 is 0 Å². The largest absolute Gasteiger partial charge is 0.411 e. The molecule has 11 heteroatoms. The zero-order valence-corrected chi connectivity index (χ0v) is 17.3. The van der Waals surface area contributed by atoms with Crippen molar-refractivity contribution in [2.75, 3.05) is 6.61 Å². The van der Waals surface area contributed by atoms with Gasteiger partial charge in [0.1, 0.15) is 35.4 Å². The van der Waals surface area contributed by atoms with Crippen molar-refractivity contribution in [3.05, 3.63) is 52.8 Å². The van der Waals surface area contributed by atoms with E-state index in [9.17, 15) is 25.2 Å². The van der Waals surface area contributed by atoms with Crippen molar-refractivity contribution in [1.82, 2.24) is 15.2 Å². The van der Waals surface area contributed by atoms with Crippen LogP contribution in [0.4, 0.5) is 0 Å². The molecule has 166 valence electrons. The maximum absolute atomic E-state index is 13.1. The van der Waals surface area contributed by atoms with E-state index in [4.69, 9.17) is 9.15 Å². The molecule has 1 fully saturated rings. The summed E-state index contributed by atoms with van der Waals surface area (Å²) in [5.74, 6) is -0.0200. The van der Waals surface area contributed by atoms with Crippen LogP contribution in [0.1, 0.15) is 0 Å². The van der Waals surface area contributed by atoms with Crippen LogP contribution in [0.5, 0.6) is 0 Å². The second kappa shape index (κ2) is 8.28. The first-order valence-electron chi connectivity index (χ1n) is 9.82. The third kappa shape index (κ3) is 3.48. The summed E-state index contributed by atoms with van der Waals surface area (Å²) in [5.41, 5.74) is -0.467. The van der Waals surface area contributed by atoms with Gasteiger partial charge in [-0.15, -0.1) is 10.2 Å². The molecule has 1 aliphatic rings. The molecule has 0 unspecified atom stereocenters. The number of aliphatic hydroxyl groups is 4. The van der Waals surface area contributed by atoms with Crippen LogP contribution < -0.4 is 5.43 Å². The molecule has 5 rings (SSSR count). The molecule has 32 heavy (non-hydrogen) atoms. The van der Waals surface area contributed by atoms with E-state index in [1.807, 2.05) is 30.3 Å². The Bertz CT molecular complexity index is 1340. The third-order valence-electron chi connectivity index (χ3n) is 5.48. The van der Waals surface area contributed by atoms with Crippen molar-refractivity contribution in [3.8, 4) is 11.5 Å². The minimum atomic E-state index is -1.51. The Morgan fingerprint density at radius 3 is 2.62 bits per heavy atom. The molecule has 0 amide bonds. The second-order valence-electron chi connectivity index (χ2n) is 7.43. The summed E-state index contributed by atoms with van der Waals surface area (Å²) in [4.78, 5) is 16.2. The van der Waals surface area contributed by atoms with Gasteiger partial charge in [0.15, 0.2) is 0 Å². The number of H-pyrrole nitrogens is 1. The molecule has 5 N–H and O–H groups in total. The molecule has 10 nitrogen and oxygen atoms in total. The molecule has 0 saturated carbocycles. The number of rotatable bonds is 4. The molecule has 2 aromatic carbocycles. The standard InChI is InChI=1S/C21H19N3O7S/c25-8-13-16(27)17(28)18(29)20(30-13)32-21-24-23-19(31-21)12-7-22-14-10-4-2-1-3-9(10)5-6-11(14)15(12)26/h1-7,13,16-18,20,25,27-29H,8H2,(H,22,26)/t13-,16-,17+,18-,20+/m1/s1. The average Bonchev–Trinajstić information content (AvgIpc) is 3.27. The molecule has 0 aliphatic carbocycles. The highest BCUT2D eigenvalue weighted by atomic mass is 32.2. The number of hydrogen-bond acceptors (Lipinski definition) is 10. The summed E-state index contributed by atoms with van der Waals surface area (Å²) in [6, 6.07) is 11.3. The summed E-state index contributed by atoms with van der Waals surface area (Å²) in [5, 5.41) is 49.5. The predicted molar refractivity (Wildman–Crippen MR) is 115 cm³/mol. The lowest BCUT2D eigenvalue weighted by Gasteiger charge is -2.38. The van der Waals surface area contributed by atoms with Gasteiger partial charge in [-0.05, 0) is 23.2 Å². The number of thioether (sulfide) groups is 1. The quantitative estimate of drug-likeness (QED) is 0.275. The first kappa shape index (κ1) is 21.1. The molecule has 0 spiro atoms. The van der Waals surface area contributed by atoms with E-state index < -0.39 is 36.5 Å². The monoisotopic (exact) mass is 457 g/mol. The maximum atomic E-state index is 13.1. The molecule has 1 aliphatic heterocycles. The number of hydrogen-bond donors (Lipinski definition) is 5. The summed E-state index contributed by atoms with van der Waals surface area (Å²) < 4.78 is 11.0. The summed E-state index contributed by atoms with van der Waals surface area (Å²) in [6.07, 6.45) is -3.97.